The van der Waals surface area contributed by atoms with E-state index in [0.717, 1.165) is 34.1 Å². The lowest BCUT2D eigenvalue weighted by Gasteiger charge is -2.11. The van der Waals surface area contributed by atoms with Gasteiger partial charge in [-0.2, -0.15) is 0 Å². The number of benzene rings is 2. The molecule has 0 saturated carbocycles. The van der Waals surface area contributed by atoms with E-state index in [2.05, 4.69) is 5.32 Å². The Balaban J connectivity index is 1.58. The second kappa shape index (κ2) is 8.08. The van der Waals surface area contributed by atoms with Crippen molar-refractivity contribution in [3.63, 3.8) is 0 Å². The van der Waals surface area contributed by atoms with Gasteiger partial charge < -0.3 is 9.73 Å². The number of aryl methyl sites for hydroxylation is 2. The SMILES string of the molecule is Cc1cccc(C)c1NC(=O)c1ccc(CSCc2ccco2)cc1. The molecule has 0 bridgehead atoms. The monoisotopic (exact) mass is 351 g/mol. The molecular weight excluding hydrogens is 330 g/mol. The van der Waals surface area contributed by atoms with E-state index in [4.69, 9.17) is 4.42 Å². The summed E-state index contributed by atoms with van der Waals surface area (Å²) in [5.74, 6) is 2.64. The Morgan fingerprint density at radius 1 is 0.960 bits per heavy atom. The van der Waals surface area contributed by atoms with Crippen molar-refractivity contribution in [1.82, 2.24) is 0 Å². The summed E-state index contributed by atoms with van der Waals surface area (Å²) in [6.07, 6.45) is 1.69. The van der Waals surface area contributed by atoms with E-state index in [9.17, 15) is 4.79 Å². The minimum atomic E-state index is -0.0767. The van der Waals surface area contributed by atoms with E-state index in [1.54, 1.807) is 18.0 Å². The largest absolute Gasteiger partial charge is 0.468 e. The van der Waals surface area contributed by atoms with Crippen molar-refractivity contribution in [3.05, 3.63) is 88.9 Å². The van der Waals surface area contributed by atoms with Crippen LogP contribution in [0.1, 0.15) is 32.8 Å². The Morgan fingerprint density at radius 3 is 2.32 bits per heavy atom. The molecule has 3 nitrogen and oxygen atoms in total. The Morgan fingerprint density at radius 2 is 1.68 bits per heavy atom. The fraction of sp³-hybridized carbons (Fsp3) is 0.190. The smallest absolute Gasteiger partial charge is 0.255 e. The van der Waals surface area contributed by atoms with Crippen molar-refractivity contribution in [2.45, 2.75) is 25.4 Å². The van der Waals surface area contributed by atoms with Gasteiger partial charge in [-0.3, -0.25) is 4.79 Å². The lowest BCUT2D eigenvalue weighted by atomic mass is 10.1. The summed E-state index contributed by atoms with van der Waals surface area (Å²) in [6, 6.07) is 17.7. The van der Waals surface area contributed by atoms with Crippen LogP contribution in [0.15, 0.2) is 65.3 Å². The predicted octanol–water partition coefficient (Wildman–Crippen LogP) is 5.58. The number of rotatable bonds is 6. The van der Waals surface area contributed by atoms with E-state index in [0.29, 0.717) is 5.56 Å². The molecular formula is C21H21NO2S. The molecule has 0 fully saturated rings. The number of hydrogen-bond acceptors (Lipinski definition) is 3. The summed E-state index contributed by atoms with van der Waals surface area (Å²) in [4.78, 5) is 12.5. The van der Waals surface area contributed by atoms with Crippen LogP contribution in [0.5, 0.6) is 0 Å². The zero-order valence-electron chi connectivity index (χ0n) is 14.4. The minimum Gasteiger partial charge on any atom is -0.468 e. The Hall–Kier alpha value is -2.46. The highest BCUT2D eigenvalue weighted by atomic mass is 32.2. The van der Waals surface area contributed by atoms with Gasteiger partial charge in [0.25, 0.3) is 5.91 Å². The average molecular weight is 351 g/mol. The molecule has 0 aliphatic rings. The molecule has 0 atom stereocenters. The average Bonchev–Trinajstić information content (AvgIpc) is 3.12. The van der Waals surface area contributed by atoms with Gasteiger partial charge in [0.1, 0.15) is 5.76 Å². The van der Waals surface area contributed by atoms with Gasteiger partial charge in [-0.05, 0) is 54.8 Å². The van der Waals surface area contributed by atoms with Crippen LogP contribution in [-0.2, 0) is 11.5 Å². The first-order chi connectivity index (χ1) is 12.1. The maximum absolute atomic E-state index is 12.5. The maximum atomic E-state index is 12.5. The lowest BCUT2D eigenvalue weighted by molar-refractivity contribution is 0.102. The van der Waals surface area contributed by atoms with Crippen LogP contribution in [0, 0.1) is 13.8 Å². The third-order valence-electron chi connectivity index (χ3n) is 4.03. The number of nitrogens with one attached hydrogen (secondary N) is 1. The first-order valence-corrected chi connectivity index (χ1v) is 9.35. The Labute approximate surface area is 152 Å². The number of hydrogen-bond donors (Lipinski definition) is 1. The molecule has 2 aromatic carbocycles. The molecule has 1 aromatic heterocycles. The van der Waals surface area contributed by atoms with Gasteiger partial charge in [0.2, 0.25) is 0 Å². The van der Waals surface area contributed by atoms with Crippen molar-refractivity contribution in [2.24, 2.45) is 0 Å². The van der Waals surface area contributed by atoms with E-state index in [1.807, 2.05) is 68.4 Å². The second-order valence-electron chi connectivity index (χ2n) is 5.99. The number of thioether (sulfide) groups is 1. The molecule has 3 aromatic rings. The van der Waals surface area contributed by atoms with E-state index >= 15 is 0 Å². The number of para-hydroxylation sites is 1. The van der Waals surface area contributed by atoms with Crippen molar-refractivity contribution in [1.29, 1.82) is 0 Å². The van der Waals surface area contributed by atoms with Crippen molar-refractivity contribution >= 4 is 23.4 Å². The molecule has 1 N–H and O–H groups in total. The number of carbonyl (C=O) groups excluding carboxylic acids is 1. The topological polar surface area (TPSA) is 42.2 Å². The third kappa shape index (κ3) is 4.54. The molecule has 0 radical (unpaired) electrons. The van der Waals surface area contributed by atoms with Gasteiger partial charge in [0.15, 0.2) is 0 Å². The molecule has 0 aliphatic carbocycles. The van der Waals surface area contributed by atoms with Crippen LogP contribution < -0.4 is 5.32 Å². The molecule has 1 heterocycles. The molecule has 4 heteroatoms. The standard InChI is InChI=1S/C21H21NO2S/c1-15-5-3-6-16(2)20(15)22-21(23)18-10-8-17(9-11-18)13-25-14-19-7-4-12-24-19/h3-12H,13-14H2,1-2H3,(H,22,23). The van der Waals surface area contributed by atoms with E-state index < -0.39 is 0 Å². The zero-order valence-corrected chi connectivity index (χ0v) is 15.2. The molecule has 3 rings (SSSR count). The number of amides is 1. The van der Waals surface area contributed by atoms with Crippen LogP contribution in [0.4, 0.5) is 5.69 Å². The van der Waals surface area contributed by atoms with E-state index in [1.165, 1.54) is 5.56 Å². The molecule has 0 spiro atoms. The summed E-state index contributed by atoms with van der Waals surface area (Å²) < 4.78 is 5.32. The fourth-order valence-corrected chi connectivity index (χ4v) is 3.51. The van der Waals surface area contributed by atoms with Gasteiger partial charge in [0, 0.05) is 17.0 Å². The van der Waals surface area contributed by atoms with Gasteiger partial charge in [-0.1, -0.05) is 30.3 Å². The molecule has 1 amide bonds. The maximum Gasteiger partial charge on any atom is 0.255 e. The third-order valence-corrected chi connectivity index (χ3v) is 5.06. The molecule has 0 unspecified atom stereocenters. The van der Waals surface area contributed by atoms with Crippen molar-refractivity contribution < 1.29 is 9.21 Å². The van der Waals surface area contributed by atoms with Gasteiger partial charge in [0.05, 0.1) is 12.0 Å². The van der Waals surface area contributed by atoms with Gasteiger partial charge in [-0.25, -0.2) is 0 Å². The summed E-state index contributed by atoms with van der Waals surface area (Å²) >= 11 is 1.79. The van der Waals surface area contributed by atoms with Crippen molar-refractivity contribution in [3.8, 4) is 0 Å². The zero-order chi connectivity index (χ0) is 17.6. The van der Waals surface area contributed by atoms with Gasteiger partial charge in [-0.15, -0.1) is 11.8 Å². The fourth-order valence-electron chi connectivity index (χ4n) is 2.61. The normalized spacial score (nSPS) is 10.6. The second-order valence-corrected chi connectivity index (χ2v) is 6.98. The summed E-state index contributed by atoms with van der Waals surface area (Å²) in [6.45, 7) is 4.00. The number of carbonyl (C=O) groups is 1. The van der Waals surface area contributed by atoms with Crippen LogP contribution in [0.3, 0.4) is 0 Å². The highest BCUT2D eigenvalue weighted by Crippen LogP contribution is 2.21. The van der Waals surface area contributed by atoms with Crippen LogP contribution >= 0.6 is 11.8 Å². The highest BCUT2D eigenvalue weighted by molar-refractivity contribution is 7.97. The Bertz CT molecular complexity index is 819. The summed E-state index contributed by atoms with van der Waals surface area (Å²) in [7, 11) is 0. The van der Waals surface area contributed by atoms with Crippen molar-refractivity contribution in [2.75, 3.05) is 5.32 Å². The highest BCUT2D eigenvalue weighted by Gasteiger charge is 2.09. The lowest BCUT2D eigenvalue weighted by Crippen LogP contribution is -2.13. The summed E-state index contributed by atoms with van der Waals surface area (Å²) in [5, 5.41) is 3.02. The summed E-state index contributed by atoms with van der Waals surface area (Å²) in [5.41, 5.74) is 4.90. The quantitative estimate of drug-likeness (QED) is 0.630. The first-order valence-electron chi connectivity index (χ1n) is 8.20. The number of anilines is 1. The van der Waals surface area contributed by atoms with E-state index in [-0.39, 0.29) is 5.91 Å². The van der Waals surface area contributed by atoms with Crippen LogP contribution in [0.25, 0.3) is 0 Å². The van der Waals surface area contributed by atoms with Gasteiger partial charge >= 0.3 is 0 Å². The molecule has 0 aliphatic heterocycles. The minimum absolute atomic E-state index is 0.0767. The molecule has 25 heavy (non-hydrogen) atoms. The Kier molecular flexibility index (Phi) is 5.61. The number of furan rings is 1. The molecule has 128 valence electrons. The van der Waals surface area contributed by atoms with Crippen LogP contribution in [-0.4, -0.2) is 5.91 Å². The predicted molar refractivity (Wildman–Crippen MR) is 104 cm³/mol. The first kappa shape index (κ1) is 17.4. The van der Waals surface area contributed by atoms with Crippen LogP contribution in [0.2, 0.25) is 0 Å². The molecule has 0 saturated heterocycles.